The van der Waals surface area contributed by atoms with Crippen molar-refractivity contribution in [1.29, 1.82) is 0 Å². The first kappa shape index (κ1) is 13.3. The molecule has 0 saturated heterocycles. The van der Waals surface area contributed by atoms with E-state index in [1.165, 1.54) is 0 Å². The van der Waals surface area contributed by atoms with Gasteiger partial charge in [0.2, 0.25) is 0 Å². The molecule has 3 N–H and O–H groups in total. The number of aromatic amines is 1. The van der Waals surface area contributed by atoms with Crippen molar-refractivity contribution in [2.75, 3.05) is 6.54 Å². The van der Waals surface area contributed by atoms with Gasteiger partial charge in [-0.3, -0.25) is 0 Å². The van der Waals surface area contributed by atoms with E-state index in [2.05, 4.69) is 51.9 Å². The number of nitrogens with zero attached hydrogens (tertiary/aromatic N) is 1. The number of nitrogens with one attached hydrogen (secondary N) is 1. The molecule has 0 radical (unpaired) electrons. The van der Waals surface area contributed by atoms with Gasteiger partial charge in [-0.2, -0.15) is 0 Å². The Kier molecular flexibility index (Phi) is 3.88. The SMILES string of the molecule is CC(C)(CN)Cc1ncc(-c2cccc(Br)c2)[nH]1. The summed E-state index contributed by atoms with van der Waals surface area (Å²) in [6.07, 6.45) is 2.74. The van der Waals surface area contributed by atoms with Crippen molar-refractivity contribution in [3.05, 3.63) is 40.8 Å². The summed E-state index contributed by atoms with van der Waals surface area (Å²) in [5.74, 6) is 0.987. The predicted octanol–water partition coefficient (Wildman–Crippen LogP) is 3.37. The van der Waals surface area contributed by atoms with E-state index in [1.54, 1.807) is 0 Å². The van der Waals surface area contributed by atoms with Gasteiger partial charge in [-0.15, -0.1) is 0 Å². The zero-order valence-corrected chi connectivity index (χ0v) is 12.3. The van der Waals surface area contributed by atoms with E-state index in [4.69, 9.17) is 5.73 Å². The van der Waals surface area contributed by atoms with Crippen LogP contribution in [0.25, 0.3) is 11.3 Å². The van der Waals surface area contributed by atoms with Crippen LogP contribution in [-0.2, 0) is 6.42 Å². The molecule has 1 heterocycles. The molecule has 0 aliphatic heterocycles. The van der Waals surface area contributed by atoms with E-state index in [-0.39, 0.29) is 5.41 Å². The van der Waals surface area contributed by atoms with E-state index in [0.717, 1.165) is 28.0 Å². The molecular formula is C14H18BrN3. The molecule has 96 valence electrons. The van der Waals surface area contributed by atoms with Gasteiger partial charge in [-0.05, 0) is 24.1 Å². The van der Waals surface area contributed by atoms with Crippen LogP contribution in [0.1, 0.15) is 19.7 Å². The first-order valence-electron chi connectivity index (χ1n) is 6.00. The molecule has 0 aliphatic rings. The molecule has 0 amide bonds. The molecule has 4 heteroatoms. The second-order valence-electron chi connectivity index (χ2n) is 5.30. The van der Waals surface area contributed by atoms with E-state index < -0.39 is 0 Å². The summed E-state index contributed by atoms with van der Waals surface area (Å²) >= 11 is 3.48. The number of hydrogen-bond donors (Lipinski definition) is 2. The average molecular weight is 308 g/mol. The van der Waals surface area contributed by atoms with Crippen LogP contribution in [0.2, 0.25) is 0 Å². The van der Waals surface area contributed by atoms with Gasteiger partial charge >= 0.3 is 0 Å². The summed E-state index contributed by atoms with van der Waals surface area (Å²) in [6, 6.07) is 8.17. The second-order valence-corrected chi connectivity index (χ2v) is 6.21. The number of halogens is 1. The average Bonchev–Trinajstić information content (AvgIpc) is 2.77. The molecule has 0 fully saturated rings. The first-order valence-corrected chi connectivity index (χ1v) is 6.79. The minimum atomic E-state index is 0.0758. The molecule has 0 atom stereocenters. The van der Waals surface area contributed by atoms with E-state index in [1.807, 2.05) is 18.3 Å². The van der Waals surface area contributed by atoms with Gasteiger partial charge in [0, 0.05) is 16.5 Å². The third kappa shape index (κ3) is 3.21. The van der Waals surface area contributed by atoms with Gasteiger partial charge in [0.25, 0.3) is 0 Å². The van der Waals surface area contributed by atoms with E-state index in [0.29, 0.717) is 6.54 Å². The summed E-state index contributed by atoms with van der Waals surface area (Å²) in [7, 11) is 0. The van der Waals surface area contributed by atoms with Gasteiger partial charge < -0.3 is 10.7 Å². The summed E-state index contributed by atoms with van der Waals surface area (Å²) < 4.78 is 1.07. The smallest absolute Gasteiger partial charge is 0.107 e. The number of benzene rings is 1. The lowest BCUT2D eigenvalue weighted by Gasteiger charge is -2.20. The van der Waals surface area contributed by atoms with Crippen molar-refractivity contribution in [2.45, 2.75) is 20.3 Å². The number of imidazole rings is 1. The van der Waals surface area contributed by atoms with Gasteiger partial charge in [-0.25, -0.2) is 4.98 Å². The van der Waals surface area contributed by atoms with Crippen LogP contribution in [0.4, 0.5) is 0 Å². The number of aromatic nitrogens is 2. The quantitative estimate of drug-likeness (QED) is 0.910. The standard InChI is InChI=1S/C14H18BrN3/c1-14(2,9-16)7-13-17-8-12(18-13)10-4-3-5-11(15)6-10/h3-6,8H,7,9,16H2,1-2H3,(H,17,18). The van der Waals surface area contributed by atoms with Crippen LogP contribution < -0.4 is 5.73 Å². The Morgan fingerprint density at radius 1 is 1.39 bits per heavy atom. The zero-order chi connectivity index (χ0) is 13.2. The maximum absolute atomic E-state index is 5.74. The summed E-state index contributed by atoms with van der Waals surface area (Å²) in [5.41, 5.74) is 7.99. The van der Waals surface area contributed by atoms with Crippen molar-refractivity contribution < 1.29 is 0 Å². The lowest BCUT2D eigenvalue weighted by molar-refractivity contribution is 0.369. The number of nitrogens with two attached hydrogens (primary N) is 1. The Labute approximate surface area is 116 Å². The highest BCUT2D eigenvalue weighted by Crippen LogP contribution is 2.23. The van der Waals surface area contributed by atoms with Crippen LogP contribution in [0.15, 0.2) is 34.9 Å². The van der Waals surface area contributed by atoms with E-state index >= 15 is 0 Å². The highest BCUT2D eigenvalue weighted by molar-refractivity contribution is 9.10. The minimum absolute atomic E-state index is 0.0758. The van der Waals surface area contributed by atoms with Crippen molar-refractivity contribution in [2.24, 2.45) is 11.1 Å². The van der Waals surface area contributed by atoms with Crippen molar-refractivity contribution in [3.8, 4) is 11.3 Å². The summed E-state index contributed by atoms with van der Waals surface area (Å²) in [5, 5.41) is 0. The molecule has 2 rings (SSSR count). The third-order valence-corrected chi connectivity index (χ3v) is 3.46. The molecule has 0 unspecified atom stereocenters. The second kappa shape index (κ2) is 5.24. The molecular weight excluding hydrogens is 290 g/mol. The van der Waals surface area contributed by atoms with Gasteiger partial charge in [-0.1, -0.05) is 41.9 Å². The van der Waals surface area contributed by atoms with Crippen molar-refractivity contribution in [3.63, 3.8) is 0 Å². The fraction of sp³-hybridized carbons (Fsp3) is 0.357. The Morgan fingerprint density at radius 3 is 2.83 bits per heavy atom. The molecule has 0 spiro atoms. The molecule has 18 heavy (non-hydrogen) atoms. The Hall–Kier alpha value is -1.13. The number of hydrogen-bond acceptors (Lipinski definition) is 2. The third-order valence-electron chi connectivity index (χ3n) is 2.96. The lowest BCUT2D eigenvalue weighted by Crippen LogP contribution is -2.26. The minimum Gasteiger partial charge on any atom is -0.342 e. The Morgan fingerprint density at radius 2 is 2.17 bits per heavy atom. The molecule has 0 aliphatic carbocycles. The normalized spacial score (nSPS) is 11.8. The molecule has 0 bridgehead atoms. The van der Waals surface area contributed by atoms with Crippen LogP contribution in [0.5, 0.6) is 0 Å². The Bertz CT molecular complexity index is 531. The van der Waals surface area contributed by atoms with Gasteiger partial charge in [0.1, 0.15) is 5.82 Å². The molecule has 1 aromatic carbocycles. The fourth-order valence-corrected chi connectivity index (χ4v) is 2.18. The monoisotopic (exact) mass is 307 g/mol. The zero-order valence-electron chi connectivity index (χ0n) is 10.7. The highest BCUT2D eigenvalue weighted by Gasteiger charge is 2.18. The van der Waals surface area contributed by atoms with Crippen molar-refractivity contribution >= 4 is 15.9 Å². The van der Waals surface area contributed by atoms with Crippen LogP contribution in [0.3, 0.4) is 0 Å². The van der Waals surface area contributed by atoms with Crippen LogP contribution >= 0.6 is 15.9 Å². The van der Waals surface area contributed by atoms with E-state index in [9.17, 15) is 0 Å². The maximum Gasteiger partial charge on any atom is 0.107 e. The lowest BCUT2D eigenvalue weighted by atomic mass is 9.89. The molecule has 3 nitrogen and oxygen atoms in total. The molecule has 2 aromatic rings. The summed E-state index contributed by atoms with van der Waals surface area (Å²) in [6.45, 7) is 4.95. The van der Waals surface area contributed by atoms with Crippen molar-refractivity contribution in [1.82, 2.24) is 9.97 Å². The van der Waals surface area contributed by atoms with Gasteiger partial charge in [0.05, 0.1) is 11.9 Å². The number of rotatable bonds is 4. The maximum atomic E-state index is 5.74. The highest BCUT2D eigenvalue weighted by atomic mass is 79.9. The van der Waals surface area contributed by atoms with Crippen LogP contribution in [-0.4, -0.2) is 16.5 Å². The first-order chi connectivity index (χ1) is 8.50. The Balaban J connectivity index is 2.21. The number of H-pyrrole nitrogens is 1. The topological polar surface area (TPSA) is 54.7 Å². The largest absolute Gasteiger partial charge is 0.342 e. The fourth-order valence-electron chi connectivity index (χ4n) is 1.78. The molecule has 0 saturated carbocycles. The van der Waals surface area contributed by atoms with Crippen LogP contribution in [0, 0.1) is 5.41 Å². The van der Waals surface area contributed by atoms with Gasteiger partial charge in [0.15, 0.2) is 0 Å². The molecule has 1 aromatic heterocycles. The predicted molar refractivity (Wildman–Crippen MR) is 78.3 cm³/mol. The summed E-state index contributed by atoms with van der Waals surface area (Å²) in [4.78, 5) is 7.79.